The molecule has 0 aliphatic heterocycles. The number of nitrogens with zero attached hydrogens (tertiary/aromatic N) is 6. The smallest absolute Gasteiger partial charge is 0.332 e. The highest BCUT2D eigenvalue weighted by molar-refractivity contribution is 5.72. The number of hydrogen-bond donors (Lipinski definition) is 0. The Bertz CT molecular complexity index is 1370. The van der Waals surface area contributed by atoms with Crippen LogP contribution in [0.15, 0.2) is 39.9 Å². The lowest BCUT2D eigenvalue weighted by molar-refractivity contribution is 0.414. The van der Waals surface area contributed by atoms with Crippen LogP contribution in [0.25, 0.3) is 17.1 Å². The Hall–Kier alpha value is -3.62. The number of aryl methyl sites for hydroxylation is 4. The van der Waals surface area contributed by atoms with Gasteiger partial charge >= 0.3 is 5.69 Å². The van der Waals surface area contributed by atoms with Gasteiger partial charge in [-0.2, -0.15) is 10.1 Å². The first kappa shape index (κ1) is 20.6. The third-order valence-corrected chi connectivity index (χ3v) is 5.58. The number of rotatable bonds is 6. The van der Waals surface area contributed by atoms with Crippen LogP contribution in [-0.2, 0) is 33.5 Å². The molecule has 31 heavy (non-hydrogen) atoms. The van der Waals surface area contributed by atoms with Gasteiger partial charge in [-0.25, -0.2) is 9.48 Å². The molecule has 162 valence electrons. The molecule has 0 radical (unpaired) electrons. The molecule has 0 saturated carbocycles. The standard InChI is InChI=1S/C22H26N6O3/c1-6-15-12-16(7-2)28(24-15)21-23-19-18(25(21)3)20(29)27(22(30)26(19)4)13-14-8-10-17(31-5)11-9-14/h8-12H,6-7,13H2,1-5H3. The Morgan fingerprint density at radius 3 is 2.32 bits per heavy atom. The number of ether oxygens (including phenoxy) is 1. The molecule has 0 aliphatic carbocycles. The van der Waals surface area contributed by atoms with E-state index in [1.54, 1.807) is 42.6 Å². The van der Waals surface area contributed by atoms with E-state index >= 15 is 0 Å². The maximum absolute atomic E-state index is 13.3. The SMILES string of the molecule is CCc1cc(CC)n(-c2nc3c(c(=O)n(Cc4ccc(OC)cc4)c(=O)n3C)n2C)n1. The van der Waals surface area contributed by atoms with Crippen LogP contribution < -0.4 is 16.0 Å². The van der Waals surface area contributed by atoms with Crippen molar-refractivity contribution in [1.82, 2.24) is 28.5 Å². The summed E-state index contributed by atoms with van der Waals surface area (Å²) in [5.74, 6) is 1.23. The lowest BCUT2D eigenvalue weighted by Crippen LogP contribution is -2.39. The highest BCUT2D eigenvalue weighted by Crippen LogP contribution is 2.17. The average Bonchev–Trinajstić information content (AvgIpc) is 3.36. The highest BCUT2D eigenvalue weighted by atomic mass is 16.5. The zero-order valence-electron chi connectivity index (χ0n) is 18.4. The molecule has 9 heteroatoms. The van der Waals surface area contributed by atoms with Gasteiger partial charge in [-0.3, -0.25) is 13.9 Å². The largest absolute Gasteiger partial charge is 0.497 e. The van der Waals surface area contributed by atoms with Gasteiger partial charge in [0.05, 0.1) is 19.3 Å². The molecular weight excluding hydrogens is 396 g/mol. The number of aromatic nitrogens is 6. The van der Waals surface area contributed by atoms with Crippen LogP contribution in [0.5, 0.6) is 5.75 Å². The Balaban J connectivity index is 1.90. The van der Waals surface area contributed by atoms with Gasteiger partial charge in [-0.05, 0) is 36.6 Å². The molecule has 1 aromatic carbocycles. The van der Waals surface area contributed by atoms with Crippen molar-refractivity contribution in [2.45, 2.75) is 33.2 Å². The predicted molar refractivity (Wildman–Crippen MR) is 118 cm³/mol. The highest BCUT2D eigenvalue weighted by Gasteiger charge is 2.21. The van der Waals surface area contributed by atoms with E-state index in [0.717, 1.165) is 29.8 Å². The molecule has 9 nitrogen and oxygen atoms in total. The van der Waals surface area contributed by atoms with Crippen molar-refractivity contribution in [2.24, 2.45) is 14.1 Å². The summed E-state index contributed by atoms with van der Waals surface area (Å²) in [6.45, 7) is 4.25. The van der Waals surface area contributed by atoms with Gasteiger partial charge in [0.15, 0.2) is 11.2 Å². The molecule has 3 aromatic heterocycles. The van der Waals surface area contributed by atoms with Gasteiger partial charge in [0, 0.05) is 19.8 Å². The van der Waals surface area contributed by atoms with Crippen molar-refractivity contribution in [3.63, 3.8) is 0 Å². The van der Waals surface area contributed by atoms with E-state index < -0.39 is 5.69 Å². The summed E-state index contributed by atoms with van der Waals surface area (Å²) < 4.78 is 11.3. The van der Waals surface area contributed by atoms with E-state index in [0.29, 0.717) is 22.9 Å². The van der Waals surface area contributed by atoms with E-state index in [1.807, 2.05) is 32.0 Å². The zero-order valence-corrected chi connectivity index (χ0v) is 18.4. The van der Waals surface area contributed by atoms with E-state index in [4.69, 9.17) is 4.74 Å². The molecule has 0 N–H and O–H groups in total. The van der Waals surface area contributed by atoms with E-state index in [2.05, 4.69) is 10.1 Å². The average molecular weight is 422 g/mol. The number of methoxy groups -OCH3 is 1. The van der Waals surface area contributed by atoms with Crippen LogP contribution in [0.1, 0.15) is 30.8 Å². The van der Waals surface area contributed by atoms with Crippen LogP contribution in [0.4, 0.5) is 0 Å². The molecule has 0 aliphatic rings. The summed E-state index contributed by atoms with van der Waals surface area (Å²) in [4.78, 5) is 31.0. The first-order valence-electron chi connectivity index (χ1n) is 10.3. The number of fused-ring (bicyclic) bond motifs is 1. The number of imidazole rings is 1. The fourth-order valence-electron chi connectivity index (χ4n) is 3.75. The van der Waals surface area contributed by atoms with Crippen LogP contribution in [0.2, 0.25) is 0 Å². The monoisotopic (exact) mass is 422 g/mol. The molecule has 4 rings (SSSR count). The molecular formula is C22H26N6O3. The van der Waals surface area contributed by atoms with Crippen LogP contribution >= 0.6 is 0 Å². The molecule has 0 fully saturated rings. The van der Waals surface area contributed by atoms with Gasteiger partial charge in [-0.1, -0.05) is 26.0 Å². The predicted octanol–water partition coefficient (Wildman–Crippen LogP) is 1.80. The number of benzene rings is 1. The lowest BCUT2D eigenvalue weighted by atomic mass is 10.2. The molecule has 4 aromatic rings. The summed E-state index contributed by atoms with van der Waals surface area (Å²) in [5, 5.41) is 4.64. The second-order valence-corrected chi connectivity index (χ2v) is 7.47. The molecule has 3 heterocycles. The molecule has 0 saturated heterocycles. The summed E-state index contributed by atoms with van der Waals surface area (Å²) in [5.41, 5.74) is 2.69. The minimum absolute atomic E-state index is 0.161. The van der Waals surface area contributed by atoms with Crippen molar-refractivity contribution in [1.29, 1.82) is 0 Å². The van der Waals surface area contributed by atoms with E-state index in [9.17, 15) is 9.59 Å². The maximum atomic E-state index is 13.3. The van der Waals surface area contributed by atoms with Crippen molar-refractivity contribution in [3.05, 3.63) is 68.1 Å². The second kappa shape index (κ2) is 7.90. The van der Waals surface area contributed by atoms with E-state index in [-0.39, 0.29) is 12.1 Å². The van der Waals surface area contributed by atoms with E-state index in [1.165, 1.54) is 9.13 Å². The van der Waals surface area contributed by atoms with Gasteiger partial charge in [0.25, 0.3) is 5.56 Å². The van der Waals surface area contributed by atoms with Gasteiger partial charge in [0.1, 0.15) is 5.75 Å². The fraction of sp³-hybridized carbons (Fsp3) is 0.364. The minimum Gasteiger partial charge on any atom is -0.497 e. The van der Waals surface area contributed by atoms with Gasteiger partial charge in [-0.15, -0.1) is 0 Å². The summed E-state index contributed by atoms with van der Waals surface area (Å²) in [6.07, 6.45) is 1.58. The summed E-state index contributed by atoms with van der Waals surface area (Å²) >= 11 is 0. The maximum Gasteiger partial charge on any atom is 0.332 e. The van der Waals surface area contributed by atoms with Crippen molar-refractivity contribution in [2.75, 3.05) is 7.11 Å². The van der Waals surface area contributed by atoms with Crippen molar-refractivity contribution in [3.8, 4) is 11.7 Å². The van der Waals surface area contributed by atoms with Crippen LogP contribution in [-0.4, -0.2) is 35.6 Å². The lowest BCUT2D eigenvalue weighted by Gasteiger charge is -2.09. The summed E-state index contributed by atoms with van der Waals surface area (Å²) in [7, 11) is 5.00. The molecule has 0 bridgehead atoms. The molecule has 0 amide bonds. The molecule has 0 spiro atoms. The Morgan fingerprint density at radius 1 is 1.00 bits per heavy atom. The molecule has 0 unspecified atom stereocenters. The second-order valence-electron chi connectivity index (χ2n) is 7.47. The van der Waals surface area contributed by atoms with Crippen molar-refractivity contribution < 1.29 is 4.74 Å². The fourth-order valence-corrected chi connectivity index (χ4v) is 3.75. The first-order chi connectivity index (χ1) is 14.9. The summed E-state index contributed by atoms with van der Waals surface area (Å²) in [6, 6.07) is 9.34. The Kier molecular flexibility index (Phi) is 5.26. The van der Waals surface area contributed by atoms with Gasteiger partial charge in [0.2, 0.25) is 5.95 Å². The Morgan fingerprint density at radius 2 is 1.71 bits per heavy atom. The normalized spacial score (nSPS) is 11.4. The quantitative estimate of drug-likeness (QED) is 0.473. The first-order valence-corrected chi connectivity index (χ1v) is 10.3. The Labute approximate surface area is 179 Å². The van der Waals surface area contributed by atoms with Gasteiger partial charge < -0.3 is 9.30 Å². The topological polar surface area (TPSA) is 88.9 Å². The van der Waals surface area contributed by atoms with Crippen LogP contribution in [0.3, 0.4) is 0 Å². The van der Waals surface area contributed by atoms with Crippen molar-refractivity contribution >= 4 is 11.2 Å². The minimum atomic E-state index is -0.414. The third-order valence-electron chi connectivity index (χ3n) is 5.58. The number of hydrogen-bond acceptors (Lipinski definition) is 5. The third kappa shape index (κ3) is 3.35. The molecule has 0 atom stereocenters. The zero-order chi connectivity index (χ0) is 22.3. The van der Waals surface area contributed by atoms with Crippen LogP contribution in [0, 0.1) is 0 Å².